The Morgan fingerprint density at radius 2 is 1.79 bits per heavy atom. The minimum atomic E-state index is -0.0965. The van der Waals surface area contributed by atoms with Crippen molar-refractivity contribution in [2.24, 2.45) is 5.92 Å². The maximum atomic E-state index is 12.4. The van der Waals surface area contributed by atoms with Gasteiger partial charge in [0.1, 0.15) is 0 Å². The van der Waals surface area contributed by atoms with E-state index in [0.717, 1.165) is 12.8 Å². The lowest BCUT2D eigenvalue weighted by Crippen LogP contribution is -2.39. The second-order valence-electron chi connectivity index (χ2n) is 6.97. The van der Waals surface area contributed by atoms with Crippen LogP contribution in [-0.4, -0.2) is 42.9 Å². The number of rotatable bonds is 4. The number of carbonyl (C=O) groups is 2. The number of para-hydroxylation sites is 1. The van der Waals surface area contributed by atoms with Gasteiger partial charge in [-0.15, -0.1) is 12.4 Å². The maximum Gasteiger partial charge on any atom is 0.255 e. The van der Waals surface area contributed by atoms with E-state index in [0.29, 0.717) is 35.7 Å². The molecule has 2 heterocycles. The number of amides is 2. The first-order valence-corrected chi connectivity index (χ1v) is 8.39. The Balaban J connectivity index is 0.00000208. The summed E-state index contributed by atoms with van der Waals surface area (Å²) in [4.78, 5) is 26.1. The van der Waals surface area contributed by atoms with Crippen LogP contribution in [0, 0.1) is 5.92 Å². The summed E-state index contributed by atoms with van der Waals surface area (Å²) < 4.78 is 0. The number of halogens is 1. The predicted molar refractivity (Wildman–Crippen MR) is 97.6 cm³/mol. The van der Waals surface area contributed by atoms with Gasteiger partial charge in [-0.25, -0.2) is 0 Å². The van der Waals surface area contributed by atoms with E-state index in [1.165, 1.54) is 17.7 Å². The van der Waals surface area contributed by atoms with Crippen molar-refractivity contribution in [1.82, 2.24) is 10.2 Å². The van der Waals surface area contributed by atoms with Gasteiger partial charge < -0.3 is 15.5 Å². The first-order valence-electron chi connectivity index (χ1n) is 8.39. The first kappa shape index (κ1) is 18.7. The van der Waals surface area contributed by atoms with Crippen LogP contribution in [0.25, 0.3) is 0 Å². The monoisotopic (exact) mass is 351 g/mol. The molecule has 0 radical (unpaired) electrons. The fourth-order valence-corrected chi connectivity index (χ4v) is 3.82. The summed E-state index contributed by atoms with van der Waals surface area (Å²) in [5.74, 6) is 0.363. The SMILES string of the molecule is CN(C)C(=O)c1ccccc1NC(=O)CC1CC2CCC(C1)N2.Cl. The highest BCUT2D eigenvalue weighted by molar-refractivity contribution is 6.03. The number of carbonyl (C=O) groups excluding carboxylic acids is 2. The Morgan fingerprint density at radius 1 is 1.17 bits per heavy atom. The zero-order chi connectivity index (χ0) is 16.4. The van der Waals surface area contributed by atoms with Crippen molar-refractivity contribution in [3.8, 4) is 0 Å². The standard InChI is InChI=1S/C18H25N3O2.ClH/c1-21(2)18(23)15-5-3-4-6-16(15)20-17(22)11-12-9-13-7-8-14(10-12)19-13;/h3-6,12-14,19H,7-11H2,1-2H3,(H,20,22);1H. The van der Waals surface area contributed by atoms with Gasteiger partial charge in [0.05, 0.1) is 11.3 Å². The number of benzene rings is 1. The van der Waals surface area contributed by atoms with Gasteiger partial charge in [-0.1, -0.05) is 12.1 Å². The smallest absolute Gasteiger partial charge is 0.255 e. The third kappa shape index (κ3) is 4.28. The lowest BCUT2D eigenvalue weighted by Gasteiger charge is -2.28. The van der Waals surface area contributed by atoms with E-state index >= 15 is 0 Å². The third-order valence-electron chi connectivity index (χ3n) is 4.88. The van der Waals surface area contributed by atoms with E-state index in [-0.39, 0.29) is 24.2 Å². The van der Waals surface area contributed by atoms with Gasteiger partial charge in [-0.05, 0) is 43.7 Å². The minimum Gasteiger partial charge on any atom is -0.345 e. The van der Waals surface area contributed by atoms with Gasteiger partial charge in [0.15, 0.2) is 0 Å². The molecule has 0 aromatic heterocycles. The molecule has 2 fully saturated rings. The van der Waals surface area contributed by atoms with Crippen LogP contribution >= 0.6 is 12.4 Å². The second-order valence-corrected chi connectivity index (χ2v) is 6.97. The van der Waals surface area contributed by atoms with Gasteiger partial charge in [-0.2, -0.15) is 0 Å². The van der Waals surface area contributed by atoms with E-state index in [1.54, 1.807) is 26.2 Å². The number of piperidine rings is 1. The van der Waals surface area contributed by atoms with E-state index in [1.807, 2.05) is 12.1 Å². The van der Waals surface area contributed by atoms with Crippen LogP contribution in [0.4, 0.5) is 5.69 Å². The van der Waals surface area contributed by atoms with Crippen molar-refractivity contribution in [3.05, 3.63) is 29.8 Å². The number of nitrogens with zero attached hydrogens (tertiary/aromatic N) is 1. The second kappa shape index (κ2) is 7.99. The molecule has 2 atom stereocenters. The van der Waals surface area contributed by atoms with Crippen LogP contribution in [0.1, 0.15) is 42.5 Å². The fourth-order valence-electron chi connectivity index (χ4n) is 3.82. The zero-order valence-electron chi connectivity index (χ0n) is 14.2. The molecule has 2 saturated heterocycles. The van der Waals surface area contributed by atoms with Crippen LogP contribution in [0.15, 0.2) is 24.3 Å². The molecule has 1 aromatic rings. The van der Waals surface area contributed by atoms with Crippen molar-refractivity contribution in [2.75, 3.05) is 19.4 Å². The van der Waals surface area contributed by atoms with Gasteiger partial charge in [0.25, 0.3) is 5.91 Å². The molecule has 5 nitrogen and oxygen atoms in total. The van der Waals surface area contributed by atoms with Crippen LogP contribution in [0.5, 0.6) is 0 Å². The molecular formula is C18H26ClN3O2. The Hall–Kier alpha value is -1.59. The summed E-state index contributed by atoms with van der Waals surface area (Å²) in [6.45, 7) is 0. The summed E-state index contributed by atoms with van der Waals surface area (Å²) in [6.07, 6.45) is 5.19. The van der Waals surface area contributed by atoms with Crippen molar-refractivity contribution in [2.45, 2.75) is 44.2 Å². The van der Waals surface area contributed by atoms with E-state index in [2.05, 4.69) is 10.6 Å². The minimum absolute atomic E-state index is 0. The van der Waals surface area contributed by atoms with E-state index < -0.39 is 0 Å². The molecule has 2 N–H and O–H groups in total. The Bertz CT molecular complexity index is 594. The molecule has 2 bridgehead atoms. The van der Waals surface area contributed by atoms with Crippen molar-refractivity contribution in [3.63, 3.8) is 0 Å². The van der Waals surface area contributed by atoms with E-state index in [9.17, 15) is 9.59 Å². The normalized spacial score (nSPS) is 24.8. The molecule has 0 spiro atoms. The summed E-state index contributed by atoms with van der Waals surface area (Å²) in [5.41, 5.74) is 1.14. The lowest BCUT2D eigenvalue weighted by atomic mass is 9.89. The van der Waals surface area contributed by atoms with Gasteiger partial charge in [0, 0.05) is 32.6 Å². The number of fused-ring (bicyclic) bond motifs is 2. The maximum absolute atomic E-state index is 12.4. The summed E-state index contributed by atoms with van der Waals surface area (Å²) in [7, 11) is 3.43. The van der Waals surface area contributed by atoms with Gasteiger partial charge >= 0.3 is 0 Å². The van der Waals surface area contributed by atoms with Crippen LogP contribution < -0.4 is 10.6 Å². The molecule has 2 unspecified atom stereocenters. The number of hydrogen-bond acceptors (Lipinski definition) is 3. The van der Waals surface area contributed by atoms with Gasteiger partial charge in [0.2, 0.25) is 5.91 Å². The van der Waals surface area contributed by atoms with Crippen molar-refractivity contribution < 1.29 is 9.59 Å². The Kier molecular flexibility index (Phi) is 6.24. The largest absolute Gasteiger partial charge is 0.345 e. The Morgan fingerprint density at radius 3 is 2.42 bits per heavy atom. The Labute approximate surface area is 149 Å². The number of anilines is 1. The molecule has 2 aliphatic rings. The highest BCUT2D eigenvalue weighted by Gasteiger charge is 2.34. The molecule has 2 aliphatic heterocycles. The third-order valence-corrected chi connectivity index (χ3v) is 4.88. The molecule has 6 heteroatoms. The predicted octanol–water partition coefficient (Wildman–Crippen LogP) is 2.67. The van der Waals surface area contributed by atoms with Crippen LogP contribution in [0.3, 0.4) is 0 Å². The summed E-state index contributed by atoms with van der Waals surface area (Å²) >= 11 is 0. The molecule has 0 saturated carbocycles. The van der Waals surface area contributed by atoms with Gasteiger partial charge in [-0.3, -0.25) is 9.59 Å². The molecule has 3 rings (SSSR count). The topological polar surface area (TPSA) is 61.4 Å². The molecule has 24 heavy (non-hydrogen) atoms. The summed E-state index contributed by atoms with van der Waals surface area (Å²) in [6, 6.07) is 8.39. The average Bonchev–Trinajstić information content (AvgIpc) is 2.85. The zero-order valence-corrected chi connectivity index (χ0v) is 15.1. The average molecular weight is 352 g/mol. The molecule has 1 aromatic carbocycles. The van der Waals surface area contributed by atoms with E-state index in [4.69, 9.17) is 0 Å². The van der Waals surface area contributed by atoms with Crippen LogP contribution in [-0.2, 0) is 4.79 Å². The highest BCUT2D eigenvalue weighted by atomic mass is 35.5. The number of nitrogens with one attached hydrogen (secondary N) is 2. The molecule has 0 aliphatic carbocycles. The number of hydrogen-bond donors (Lipinski definition) is 2. The fraction of sp³-hybridized carbons (Fsp3) is 0.556. The highest BCUT2D eigenvalue weighted by Crippen LogP contribution is 2.32. The van der Waals surface area contributed by atoms with Crippen molar-refractivity contribution in [1.29, 1.82) is 0 Å². The summed E-state index contributed by atoms with van der Waals surface area (Å²) in [5, 5.41) is 6.53. The molecular weight excluding hydrogens is 326 g/mol. The lowest BCUT2D eigenvalue weighted by molar-refractivity contribution is -0.117. The molecule has 132 valence electrons. The first-order chi connectivity index (χ1) is 11.0. The van der Waals surface area contributed by atoms with Crippen molar-refractivity contribution >= 4 is 29.9 Å². The quantitative estimate of drug-likeness (QED) is 0.876. The molecule has 2 amide bonds. The van der Waals surface area contributed by atoms with Crippen LogP contribution in [0.2, 0.25) is 0 Å².